The zero-order valence-corrected chi connectivity index (χ0v) is 17.8. The van der Waals surface area contributed by atoms with Gasteiger partial charge in [-0.2, -0.15) is 0 Å². The van der Waals surface area contributed by atoms with Crippen molar-refractivity contribution in [3.05, 3.63) is 70.8 Å². The molecule has 1 saturated carbocycles. The molecule has 1 aliphatic rings. The van der Waals surface area contributed by atoms with Crippen molar-refractivity contribution in [2.24, 2.45) is 5.92 Å². The third-order valence-corrected chi connectivity index (χ3v) is 5.80. The van der Waals surface area contributed by atoms with Gasteiger partial charge in [-0.15, -0.1) is 0 Å². The van der Waals surface area contributed by atoms with Crippen LogP contribution >= 0.6 is 0 Å². The van der Waals surface area contributed by atoms with Crippen LogP contribution in [0.15, 0.2) is 48.5 Å². The largest absolute Gasteiger partial charge is 0.449 e. The van der Waals surface area contributed by atoms with Gasteiger partial charge in [0.1, 0.15) is 0 Å². The number of aryl methyl sites for hydroxylation is 1. The van der Waals surface area contributed by atoms with Crippen molar-refractivity contribution in [2.75, 3.05) is 0 Å². The summed E-state index contributed by atoms with van der Waals surface area (Å²) in [6.45, 7) is 5.64. The Morgan fingerprint density at radius 2 is 1.60 bits per heavy atom. The van der Waals surface area contributed by atoms with E-state index in [9.17, 15) is 14.4 Å². The molecule has 1 N–H and O–H groups in total. The summed E-state index contributed by atoms with van der Waals surface area (Å²) in [4.78, 5) is 38.2. The minimum absolute atomic E-state index is 0.114. The molecule has 1 fully saturated rings. The number of carbonyl (C=O) groups excluding carboxylic acids is 3. The number of ether oxygens (including phenoxy) is 1. The van der Waals surface area contributed by atoms with Gasteiger partial charge in [0.15, 0.2) is 11.9 Å². The molecule has 0 aliphatic heterocycles. The highest BCUT2D eigenvalue weighted by atomic mass is 16.5. The van der Waals surface area contributed by atoms with Crippen LogP contribution in [0.2, 0.25) is 0 Å². The third kappa shape index (κ3) is 5.15. The maximum absolute atomic E-state index is 12.9. The summed E-state index contributed by atoms with van der Waals surface area (Å²) >= 11 is 0. The summed E-state index contributed by atoms with van der Waals surface area (Å²) in [6.07, 6.45) is 3.38. The van der Waals surface area contributed by atoms with E-state index in [-0.39, 0.29) is 28.9 Å². The lowest BCUT2D eigenvalue weighted by molar-refractivity contribution is -0.130. The highest BCUT2D eigenvalue weighted by Gasteiger charge is 2.27. The lowest BCUT2D eigenvalue weighted by Gasteiger charge is -2.30. The average molecular weight is 408 g/mol. The van der Waals surface area contributed by atoms with Crippen molar-refractivity contribution >= 4 is 17.7 Å². The molecule has 0 spiro atoms. The normalized spacial score (nSPS) is 19.6. The van der Waals surface area contributed by atoms with Crippen LogP contribution < -0.4 is 5.32 Å². The molecule has 0 saturated heterocycles. The first-order chi connectivity index (χ1) is 14.4. The van der Waals surface area contributed by atoms with E-state index in [1.165, 1.54) is 6.42 Å². The molecule has 2 aromatic carbocycles. The Balaban J connectivity index is 1.70. The molecule has 5 nitrogen and oxygen atoms in total. The summed E-state index contributed by atoms with van der Waals surface area (Å²) in [7, 11) is 0. The minimum Gasteiger partial charge on any atom is -0.449 e. The van der Waals surface area contributed by atoms with Gasteiger partial charge in [-0.05, 0) is 38.7 Å². The zero-order valence-electron chi connectivity index (χ0n) is 17.8. The summed E-state index contributed by atoms with van der Waals surface area (Å²) in [6, 6.07) is 13.8. The van der Waals surface area contributed by atoms with Crippen LogP contribution in [0, 0.1) is 12.8 Å². The van der Waals surface area contributed by atoms with E-state index in [4.69, 9.17) is 4.74 Å². The molecule has 1 aliphatic carbocycles. The molecule has 0 aromatic heterocycles. The van der Waals surface area contributed by atoms with E-state index in [1.54, 1.807) is 43.3 Å². The second kappa shape index (κ2) is 9.70. The lowest BCUT2D eigenvalue weighted by Crippen LogP contribution is -2.46. The van der Waals surface area contributed by atoms with Crippen molar-refractivity contribution in [1.82, 2.24) is 5.32 Å². The van der Waals surface area contributed by atoms with Crippen molar-refractivity contribution in [1.29, 1.82) is 0 Å². The second-order valence-corrected chi connectivity index (χ2v) is 8.17. The summed E-state index contributed by atoms with van der Waals surface area (Å²) in [5.74, 6) is -0.816. The smallest absolute Gasteiger partial charge is 0.339 e. The van der Waals surface area contributed by atoms with Gasteiger partial charge in [0, 0.05) is 17.2 Å². The fourth-order valence-corrected chi connectivity index (χ4v) is 3.83. The number of hydrogen-bond acceptors (Lipinski definition) is 4. The van der Waals surface area contributed by atoms with Gasteiger partial charge in [0.05, 0.1) is 5.56 Å². The first kappa shape index (κ1) is 21.8. The molecule has 30 heavy (non-hydrogen) atoms. The molecular formula is C25H29NO4. The van der Waals surface area contributed by atoms with E-state index in [1.807, 2.05) is 19.1 Å². The van der Waals surface area contributed by atoms with Gasteiger partial charge >= 0.3 is 5.97 Å². The van der Waals surface area contributed by atoms with Crippen LogP contribution in [-0.2, 0) is 9.53 Å². The topological polar surface area (TPSA) is 72.5 Å². The Labute approximate surface area is 177 Å². The number of rotatable bonds is 6. The maximum Gasteiger partial charge on any atom is 0.339 e. The number of benzene rings is 2. The number of hydrogen-bond donors (Lipinski definition) is 1. The van der Waals surface area contributed by atoms with Crippen molar-refractivity contribution in [3.8, 4) is 0 Å². The highest BCUT2D eigenvalue weighted by molar-refractivity contribution is 6.14. The van der Waals surface area contributed by atoms with E-state index in [2.05, 4.69) is 12.2 Å². The fraction of sp³-hybridized carbons (Fsp3) is 0.400. The third-order valence-electron chi connectivity index (χ3n) is 5.80. The number of nitrogens with one attached hydrogen (secondary N) is 1. The average Bonchev–Trinajstić information content (AvgIpc) is 2.75. The van der Waals surface area contributed by atoms with Crippen LogP contribution in [0.4, 0.5) is 0 Å². The SMILES string of the molecule is Cc1ccc(C(=O)c2ccccc2C(=O)O[C@H](C)C(=O)N[C@H]2CCCC[C@@H]2C)cc1. The summed E-state index contributed by atoms with van der Waals surface area (Å²) in [5.41, 5.74) is 1.97. The Hall–Kier alpha value is -2.95. The molecule has 0 radical (unpaired) electrons. The summed E-state index contributed by atoms with van der Waals surface area (Å²) in [5, 5.41) is 3.01. The maximum atomic E-state index is 12.9. The predicted octanol–water partition coefficient (Wildman–Crippen LogP) is 4.47. The number of ketones is 1. The van der Waals surface area contributed by atoms with E-state index >= 15 is 0 Å². The molecular weight excluding hydrogens is 378 g/mol. The van der Waals surface area contributed by atoms with Crippen molar-refractivity contribution in [2.45, 2.75) is 58.6 Å². The van der Waals surface area contributed by atoms with Crippen LogP contribution in [0.3, 0.4) is 0 Å². The Kier molecular flexibility index (Phi) is 7.03. The monoisotopic (exact) mass is 407 g/mol. The number of carbonyl (C=O) groups is 3. The quantitative estimate of drug-likeness (QED) is 0.567. The number of esters is 1. The zero-order chi connectivity index (χ0) is 21.7. The molecule has 0 bridgehead atoms. The van der Waals surface area contributed by atoms with Gasteiger partial charge in [-0.1, -0.05) is 67.8 Å². The van der Waals surface area contributed by atoms with E-state index < -0.39 is 12.1 Å². The second-order valence-electron chi connectivity index (χ2n) is 8.17. The Bertz CT molecular complexity index is 919. The molecule has 0 unspecified atom stereocenters. The van der Waals surface area contributed by atoms with Gasteiger partial charge in [-0.3, -0.25) is 9.59 Å². The van der Waals surface area contributed by atoms with Crippen LogP contribution in [0.25, 0.3) is 0 Å². The molecule has 2 aromatic rings. The molecule has 158 valence electrons. The number of amides is 1. The van der Waals surface area contributed by atoms with Gasteiger partial charge in [0.25, 0.3) is 5.91 Å². The molecule has 3 atom stereocenters. The van der Waals surface area contributed by atoms with Gasteiger partial charge in [0.2, 0.25) is 0 Å². The van der Waals surface area contributed by atoms with Crippen LogP contribution in [-0.4, -0.2) is 29.8 Å². The van der Waals surface area contributed by atoms with Crippen molar-refractivity contribution in [3.63, 3.8) is 0 Å². The Morgan fingerprint density at radius 1 is 0.967 bits per heavy atom. The standard InChI is InChI=1S/C25H29NO4/c1-16-12-14-19(15-13-16)23(27)20-9-5-6-10-21(20)25(29)30-18(3)24(28)26-22-11-7-4-8-17(22)2/h5-6,9-10,12-15,17-18,22H,4,7-8,11H2,1-3H3,(H,26,28)/t17-,18+,22-/m0/s1. The fourth-order valence-electron chi connectivity index (χ4n) is 3.83. The molecule has 1 amide bonds. The van der Waals surface area contributed by atoms with Crippen LogP contribution in [0.1, 0.15) is 71.4 Å². The molecule has 0 heterocycles. The molecule has 3 rings (SSSR count). The summed E-state index contributed by atoms with van der Waals surface area (Å²) < 4.78 is 5.42. The Morgan fingerprint density at radius 3 is 2.27 bits per heavy atom. The van der Waals surface area contributed by atoms with Crippen molar-refractivity contribution < 1.29 is 19.1 Å². The molecule has 5 heteroatoms. The van der Waals surface area contributed by atoms with Gasteiger partial charge < -0.3 is 10.1 Å². The van der Waals surface area contributed by atoms with E-state index in [0.717, 1.165) is 24.8 Å². The highest BCUT2D eigenvalue weighted by Crippen LogP contribution is 2.24. The van der Waals surface area contributed by atoms with Crippen LogP contribution in [0.5, 0.6) is 0 Å². The lowest BCUT2D eigenvalue weighted by atomic mass is 9.86. The minimum atomic E-state index is -0.936. The predicted molar refractivity (Wildman–Crippen MR) is 115 cm³/mol. The van der Waals surface area contributed by atoms with E-state index in [0.29, 0.717) is 11.5 Å². The van der Waals surface area contributed by atoms with Gasteiger partial charge in [-0.25, -0.2) is 4.79 Å². The first-order valence-electron chi connectivity index (χ1n) is 10.6. The first-order valence-corrected chi connectivity index (χ1v) is 10.6.